The maximum absolute atomic E-state index is 12.1. The van der Waals surface area contributed by atoms with Gasteiger partial charge in [-0.05, 0) is 47.0 Å². The van der Waals surface area contributed by atoms with Gasteiger partial charge in [-0.15, -0.1) is 11.3 Å². The molecule has 2 aromatic rings. The Kier molecular flexibility index (Phi) is 5.62. The number of thiophene rings is 1. The van der Waals surface area contributed by atoms with Gasteiger partial charge in [-0.3, -0.25) is 0 Å². The van der Waals surface area contributed by atoms with Crippen LogP contribution in [0.4, 0.5) is 0 Å². The molecule has 0 fully saturated rings. The summed E-state index contributed by atoms with van der Waals surface area (Å²) in [7, 11) is 0. The second-order valence-electron chi connectivity index (χ2n) is 6.40. The molecule has 0 spiro atoms. The predicted octanol–water partition coefficient (Wildman–Crippen LogP) is 2.11. The van der Waals surface area contributed by atoms with E-state index in [1.807, 2.05) is 36.6 Å². The van der Waals surface area contributed by atoms with Gasteiger partial charge in [0.1, 0.15) is 18.5 Å². The van der Waals surface area contributed by atoms with E-state index >= 15 is 0 Å². The van der Waals surface area contributed by atoms with E-state index in [4.69, 9.17) is 9.47 Å². The molecule has 1 aromatic carbocycles. The van der Waals surface area contributed by atoms with Crippen molar-refractivity contribution in [2.45, 2.75) is 44.2 Å². The molecule has 0 bridgehead atoms. The molecular weight excluding hydrogens is 356 g/mol. The largest absolute Gasteiger partial charge is 0.491 e. The van der Waals surface area contributed by atoms with Crippen molar-refractivity contribution in [2.75, 3.05) is 6.61 Å². The number of aliphatic hydroxyl groups is 3. The molecule has 0 unspecified atom stereocenters. The van der Waals surface area contributed by atoms with Crippen LogP contribution in [0.25, 0.3) is 10.1 Å². The lowest BCUT2D eigenvalue weighted by Gasteiger charge is -2.34. The Hall–Kier alpha value is -1.93. The lowest BCUT2D eigenvalue weighted by molar-refractivity contribution is -0.167. The van der Waals surface area contributed by atoms with Crippen LogP contribution in [0.15, 0.2) is 41.5 Å². The standard InChI is InChI=1S/C19H22O6S/c1-2-6-24-18(22)19(23)9-14(20)17(21)15(10-19)25-11-12-3-4-16-13(8-12)5-7-26-16/h3-5,7-8,10,14,17,20-21,23H,2,6,9,11H2,1H3/t14-,17+,19-/m1/s1. The average molecular weight is 378 g/mol. The third-order valence-corrected chi connectivity index (χ3v) is 5.17. The maximum Gasteiger partial charge on any atom is 0.342 e. The second-order valence-corrected chi connectivity index (χ2v) is 7.35. The number of hydrogen-bond donors (Lipinski definition) is 3. The third kappa shape index (κ3) is 3.91. The Balaban J connectivity index is 1.75. The molecule has 0 aliphatic heterocycles. The zero-order valence-electron chi connectivity index (χ0n) is 14.4. The van der Waals surface area contributed by atoms with Gasteiger partial charge in [0, 0.05) is 11.1 Å². The van der Waals surface area contributed by atoms with Crippen molar-refractivity contribution in [2.24, 2.45) is 0 Å². The highest BCUT2D eigenvalue weighted by atomic mass is 32.1. The molecule has 1 heterocycles. The molecule has 0 radical (unpaired) electrons. The van der Waals surface area contributed by atoms with E-state index < -0.39 is 23.8 Å². The van der Waals surface area contributed by atoms with Crippen LogP contribution in [0.5, 0.6) is 0 Å². The molecule has 3 N–H and O–H groups in total. The van der Waals surface area contributed by atoms with Crippen LogP contribution in [0.3, 0.4) is 0 Å². The predicted molar refractivity (Wildman–Crippen MR) is 97.5 cm³/mol. The van der Waals surface area contributed by atoms with Gasteiger partial charge in [-0.25, -0.2) is 4.79 Å². The summed E-state index contributed by atoms with van der Waals surface area (Å²) in [6, 6.07) is 7.87. The molecule has 3 rings (SSSR count). The average Bonchev–Trinajstić information content (AvgIpc) is 3.09. The summed E-state index contributed by atoms with van der Waals surface area (Å²) >= 11 is 1.64. The molecule has 140 valence electrons. The Bertz CT molecular complexity index is 813. The third-order valence-electron chi connectivity index (χ3n) is 4.27. The van der Waals surface area contributed by atoms with Crippen LogP contribution in [0, 0.1) is 0 Å². The van der Waals surface area contributed by atoms with Crippen LogP contribution in [-0.4, -0.2) is 45.7 Å². The zero-order chi connectivity index (χ0) is 18.7. The van der Waals surface area contributed by atoms with E-state index in [0.29, 0.717) is 6.42 Å². The fraction of sp³-hybridized carbons (Fsp3) is 0.421. The Morgan fingerprint density at radius 2 is 2.15 bits per heavy atom. The number of carbonyl (C=O) groups excluding carboxylic acids is 1. The highest BCUT2D eigenvalue weighted by molar-refractivity contribution is 7.17. The van der Waals surface area contributed by atoms with E-state index in [2.05, 4.69) is 0 Å². The minimum atomic E-state index is -2.01. The Morgan fingerprint density at radius 3 is 2.92 bits per heavy atom. The summed E-state index contributed by atoms with van der Waals surface area (Å²) in [5.74, 6) is -0.892. The molecule has 1 aliphatic carbocycles. The van der Waals surface area contributed by atoms with Crippen molar-refractivity contribution >= 4 is 27.4 Å². The minimum Gasteiger partial charge on any atom is -0.491 e. The van der Waals surface area contributed by atoms with E-state index in [-0.39, 0.29) is 25.4 Å². The van der Waals surface area contributed by atoms with Crippen molar-refractivity contribution < 1.29 is 29.6 Å². The van der Waals surface area contributed by atoms with Crippen LogP contribution >= 0.6 is 11.3 Å². The zero-order valence-corrected chi connectivity index (χ0v) is 15.2. The molecule has 26 heavy (non-hydrogen) atoms. The molecule has 0 saturated carbocycles. The molecule has 6 nitrogen and oxygen atoms in total. The van der Waals surface area contributed by atoms with Gasteiger partial charge in [0.15, 0.2) is 5.60 Å². The van der Waals surface area contributed by atoms with Crippen LogP contribution in [0.2, 0.25) is 0 Å². The Morgan fingerprint density at radius 1 is 1.35 bits per heavy atom. The van der Waals surface area contributed by atoms with Gasteiger partial charge in [0.25, 0.3) is 0 Å². The summed E-state index contributed by atoms with van der Waals surface area (Å²) in [4.78, 5) is 12.1. The molecule has 0 amide bonds. The minimum absolute atomic E-state index is 0.0369. The van der Waals surface area contributed by atoms with E-state index in [9.17, 15) is 20.1 Å². The van der Waals surface area contributed by atoms with Crippen LogP contribution < -0.4 is 0 Å². The topological polar surface area (TPSA) is 96.2 Å². The van der Waals surface area contributed by atoms with Crippen molar-refractivity contribution in [3.05, 3.63) is 47.0 Å². The van der Waals surface area contributed by atoms with Crippen molar-refractivity contribution in [1.29, 1.82) is 0 Å². The summed E-state index contributed by atoms with van der Waals surface area (Å²) in [5, 5.41) is 33.8. The highest BCUT2D eigenvalue weighted by Crippen LogP contribution is 2.30. The Labute approximate surface area is 155 Å². The number of hydrogen-bond acceptors (Lipinski definition) is 7. The molecule has 1 aliphatic rings. The van der Waals surface area contributed by atoms with E-state index in [0.717, 1.165) is 21.7 Å². The number of carbonyl (C=O) groups is 1. The van der Waals surface area contributed by atoms with Crippen LogP contribution in [0.1, 0.15) is 25.3 Å². The molecule has 7 heteroatoms. The normalized spacial score (nSPS) is 25.8. The van der Waals surface area contributed by atoms with Gasteiger partial charge in [0.05, 0.1) is 12.7 Å². The lowest BCUT2D eigenvalue weighted by Crippen LogP contribution is -2.49. The summed E-state index contributed by atoms with van der Waals surface area (Å²) in [6.07, 6.45) is -1.21. The molecule has 3 atom stereocenters. The lowest BCUT2D eigenvalue weighted by atomic mass is 9.86. The maximum atomic E-state index is 12.1. The second kappa shape index (κ2) is 7.75. The van der Waals surface area contributed by atoms with Gasteiger partial charge in [-0.1, -0.05) is 13.0 Å². The highest BCUT2D eigenvalue weighted by Gasteiger charge is 2.45. The summed E-state index contributed by atoms with van der Waals surface area (Å²) < 4.78 is 11.8. The fourth-order valence-corrected chi connectivity index (χ4v) is 3.63. The number of fused-ring (bicyclic) bond motifs is 1. The number of ether oxygens (including phenoxy) is 2. The van der Waals surface area contributed by atoms with Crippen molar-refractivity contribution in [3.63, 3.8) is 0 Å². The van der Waals surface area contributed by atoms with Gasteiger partial charge in [-0.2, -0.15) is 0 Å². The van der Waals surface area contributed by atoms with Gasteiger partial charge in [0.2, 0.25) is 0 Å². The summed E-state index contributed by atoms with van der Waals surface area (Å²) in [6.45, 7) is 2.15. The van der Waals surface area contributed by atoms with Crippen molar-refractivity contribution in [1.82, 2.24) is 0 Å². The fourth-order valence-electron chi connectivity index (χ4n) is 2.86. The van der Waals surface area contributed by atoms with Gasteiger partial charge >= 0.3 is 5.97 Å². The van der Waals surface area contributed by atoms with E-state index in [1.54, 1.807) is 11.3 Å². The molecule has 0 saturated heterocycles. The number of aliphatic hydroxyl groups excluding tert-OH is 2. The molecule has 1 aromatic heterocycles. The monoisotopic (exact) mass is 378 g/mol. The quantitative estimate of drug-likeness (QED) is 0.667. The first-order valence-electron chi connectivity index (χ1n) is 8.50. The number of rotatable bonds is 6. The van der Waals surface area contributed by atoms with Crippen molar-refractivity contribution in [3.8, 4) is 0 Å². The molecular formula is C19H22O6S. The van der Waals surface area contributed by atoms with Crippen LogP contribution in [-0.2, 0) is 20.9 Å². The first-order chi connectivity index (χ1) is 12.4. The number of esters is 1. The number of benzene rings is 1. The first kappa shape index (κ1) is 18.8. The first-order valence-corrected chi connectivity index (χ1v) is 9.38. The van der Waals surface area contributed by atoms with Gasteiger partial charge < -0.3 is 24.8 Å². The summed E-state index contributed by atoms with van der Waals surface area (Å²) in [5.41, 5.74) is -1.14. The SMILES string of the molecule is CCCOC(=O)[C@]1(O)C=C(OCc2ccc3sccc3c2)[C@@H](O)[C@H](O)C1. The van der Waals surface area contributed by atoms with E-state index in [1.165, 1.54) is 0 Å². The smallest absolute Gasteiger partial charge is 0.342 e.